The molecule has 0 saturated carbocycles. The van der Waals surface area contributed by atoms with Crippen LogP contribution in [0.1, 0.15) is 55.3 Å². The maximum absolute atomic E-state index is 12.7. The minimum atomic E-state index is -0.273. The maximum atomic E-state index is 12.7. The first-order chi connectivity index (χ1) is 12.7. The molecule has 0 unspecified atom stereocenters. The molecule has 26 heavy (non-hydrogen) atoms. The number of rotatable bonds is 11. The van der Waals surface area contributed by atoms with Crippen LogP contribution in [0.4, 0.5) is 0 Å². The third-order valence-electron chi connectivity index (χ3n) is 3.96. The molecule has 0 saturated heterocycles. The molecular weight excluding hydrogens is 332 g/mol. The van der Waals surface area contributed by atoms with Crippen molar-refractivity contribution in [1.82, 2.24) is 20.2 Å². The van der Waals surface area contributed by atoms with E-state index in [4.69, 9.17) is 4.42 Å². The molecule has 140 valence electrons. The number of hydrogen-bond acceptors (Lipinski definition) is 5. The van der Waals surface area contributed by atoms with Crippen LogP contribution in [-0.2, 0) is 11.3 Å². The van der Waals surface area contributed by atoms with Crippen molar-refractivity contribution >= 4 is 11.8 Å². The molecule has 1 N–H and O–H groups in total. The van der Waals surface area contributed by atoms with Crippen molar-refractivity contribution in [3.05, 3.63) is 48.4 Å². The maximum Gasteiger partial charge on any atom is 0.274 e. The highest BCUT2D eigenvalue weighted by Crippen LogP contribution is 2.09. The molecule has 2 rings (SSSR count). The van der Waals surface area contributed by atoms with Crippen LogP contribution in [-0.4, -0.2) is 39.8 Å². The largest absolute Gasteiger partial charge is 0.467 e. The lowest BCUT2D eigenvalue weighted by molar-refractivity contribution is -0.121. The number of unbranched alkanes of at least 4 members (excludes halogenated alkanes) is 3. The summed E-state index contributed by atoms with van der Waals surface area (Å²) in [6, 6.07) is 3.56. The summed E-state index contributed by atoms with van der Waals surface area (Å²) in [4.78, 5) is 34.2. The van der Waals surface area contributed by atoms with E-state index in [1.807, 2.05) is 0 Å². The summed E-state index contributed by atoms with van der Waals surface area (Å²) in [5.41, 5.74) is 0.249. The molecule has 7 heteroatoms. The lowest BCUT2D eigenvalue weighted by atomic mass is 10.2. The minimum absolute atomic E-state index is 0.0575. The van der Waals surface area contributed by atoms with E-state index < -0.39 is 0 Å². The Hall–Kier alpha value is -2.70. The first kappa shape index (κ1) is 19.6. The zero-order valence-electron chi connectivity index (χ0n) is 15.2. The summed E-state index contributed by atoms with van der Waals surface area (Å²) < 4.78 is 5.33. The Bertz CT molecular complexity index is 659. The highest BCUT2D eigenvalue weighted by atomic mass is 16.3. The van der Waals surface area contributed by atoms with E-state index in [2.05, 4.69) is 22.2 Å². The van der Waals surface area contributed by atoms with E-state index in [-0.39, 0.29) is 37.0 Å². The Morgan fingerprint density at radius 2 is 2.12 bits per heavy atom. The van der Waals surface area contributed by atoms with E-state index >= 15 is 0 Å². The van der Waals surface area contributed by atoms with Crippen LogP contribution in [0.25, 0.3) is 0 Å². The summed E-state index contributed by atoms with van der Waals surface area (Å²) in [5.74, 6) is 0.324. The fraction of sp³-hybridized carbons (Fsp3) is 0.474. The average molecular weight is 358 g/mol. The Morgan fingerprint density at radius 1 is 1.23 bits per heavy atom. The second-order valence-electron chi connectivity index (χ2n) is 6.06. The van der Waals surface area contributed by atoms with E-state index in [1.54, 1.807) is 23.3 Å². The summed E-state index contributed by atoms with van der Waals surface area (Å²) in [6.45, 7) is 3.40. The van der Waals surface area contributed by atoms with Gasteiger partial charge in [0.2, 0.25) is 5.91 Å². The third kappa shape index (κ3) is 6.66. The molecule has 0 radical (unpaired) electrons. The fourth-order valence-electron chi connectivity index (χ4n) is 2.52. The Morgan fingerprint density at radius 3 is 2.81 bits per heavy atom. The van der Waals surface area contributed by atoms with E-state index in [0.29, 0.717) is 12.3 Å². The van der Waals surface area contributed by atoms with Crippen molar-refractivity contribution in [2.45, 2.75) is 45.6 Å². The second kappa shape index (κ2) is 11.0. The molecule has 2 heterocycles. The minimum Gasteiger partial charge on any atom is -0.467 e. The summed E-state index contributed by atoms with van der Waals surface area (Å²) in [7, 11) is 0. The zero-order chi connectivity index (χ0) is 18.6. The molecule has 0 spiro atoms. The second-order valence-corrected chi connectivity index (χ2v) is 6.06. The van der Waals surface area contributed by atoms with Crippen LogP contribution in [0.5, 0.6) is 0 Å². The molecule has 0 atom stereocenters. The number of nitrogens with one attached hydrogen (secondary N) is 1. The quantitative estimate of drug-likeness (QED) is 0.624. The van der Waals surface area contributed by atoms with Crippen LogP contribution >= 0.6 is 0 Å². The molecule has 2 amide bonds. The molecular formula is C19H26N4O3. The van der Waals surface area contributed by atoms with Crippen LogP contribution < -0.4 is 5.32 Å². The zero-order valence-corrected chi connectivity index (χ0v) is 15.2. The SMILES string of the molecule is CCCCCCNC(=O)CCN(Cc1ccco1)C(=O)c1cnccn1. The third-order valence-corrected chi connectivity index (χ3v) is 3.96. The Labute approximate surface area is 153 Å². The fourth-order valence-corrected chi connectivity index (χ4v) is 2.52. The monoisotopic (exact) mass is 358 g/mol. The number of furan rings is 1. The normalized spacial score (nSPS) is 10.5. The first-order valence-electron chi connectivity index (χ1n) is 9.05. The van der Waals surface area contributed by atoms with Gasteiger partial charge >= 0.3 is 0 Å². The van der Waals surface area contributed by atoms with Gasteiger partial charge in [0.05, 0.1) is 19.0 Å². The molecule has 2 aromatic rings. The van der Waals surface area contributed by atoms with Crippen LogP contribution in [0.15, 0.2) is 41.4 Å². The topological polar surface area (TPSA) is 88.3 Å². The van der Waals surface area contributed by atoms with Gasteiger partial charge in [-0.15, -0.1) is 0 Å². The van der Waals surface area contributed by atoms with Gasteiger partial charge in [-0.3, -0.25) is 14.6 Å². The van der Waals surface area contributed by atoms with Crippen molar-refractivity contribution in [2.24, 2.45) is 0 Å². The van der Waals surface area contributed by atoms with Crippen LogP contribution in [0.3, 0.4) is 0 Å². The molecule has 0 bridgehead atoms. The number of hydrogen-bond donors (Lipinski definition) is 1. The molecule has 0 fully saturated rings. The number of amides is 2. The highest BCUT2D eigenvalue weighted by molar-refractivity contribution is 5.92. The van der Waals surface area contributed by atoms with E-state index in [0.717, 1.165) is 12.8 Å². The summed E-state index contributed by atoms with van der Waals surface area (Å²) in [6.07, 6.45) is 10.6. The first-order valence-corrected chi connectivity index (χ1v) is 9.05. The number of nitrogens with zero attached hydrogens (tertiary/aromatic N) is 3. The molecule has 0 aliphatic heterocycles. The predicted octanol–water partition coefficient (Wildman–Crippen LogP) is 2.80. The van der Waals surface area contributed by atoms with Crippen LogP contribution in [0.2, 0.25) is 0 Å². The highest BCUT2D eigenvalue weighted by Gasteiger charge is 2.19. The average Bonchev–Trinajstić information content (AvgIpc) is 3.18. The number of carbonyl (C=O) groups is 2. The lowest BCUT2D eigenvalue weighted by Gasteiger charge is -2.21. The van der Waals surface area contributed by atoms with Crippen molar-refractivity contribution in [1.29, 1.82) is 0 Å². The molecule has 0 aliphatic carbocycles. The summed E-state index contributed by atoms with van der Waals surface area (Å²) >= 11 is 0. The molecule has 0 aromatic carbocycles. The standard InChI is InChI=1S/C19H26N4O3/c1-2-3-4-5-9-22-18(24)8-12-23(15-16-7-6-13-26-16)19(25)17-14-20-10-11-21-17/h6-7,10-11,13-14H,2-5,8-9,12,15H2,1H3,(H,22,24). The molecule has 7 nitrogen and oxygen atoms in total. The van der Waals surface area contributed by atoms with Crippen molar-refractivity contribution in [3.63, 3.8) is 0 Å². The lowest BCUT2D eigenvalue weighted by Crippen LogP contribution is -2.35. The van der Waals surface area contributed by atoms with Gasteiger partial charge in [0.25, 0.3) is 5.91 Å². The Balaban J connectivity index is 1.88. The number of aromatic nitrogens is 2. The van der Waals surface area contributed by atoms with E-state index in [9.17, 15) is 9.59 Å². The van der Waals surface area contributed by atoms with Gasteiger partial charge in [0.15, 0.2) is 0 Å². The van der Waals surface area contributed by atoms with Crippen molar-refractivity contribution in [3.8, 4) is 0 Å². The van der Waals surface area contributed by atoms with Crippen molar-refractivity contribution in [2.75, 3.05) is 13.1 Å². The summed E-state index contributed by atoms with van der Waals surface area (Å²) in [5, 5.41) is 2.91. The predicted molar refractivity (Wildman–Crippen MR) is 97.2 cm³/mol. The van der Waals surface area contributed by atoms with Gasteiger partial charge < -0.3 is 14.6 Å². The number of carbonyl (C=O) groups excluding carboxylic acids is 2. The van der Waals surface area contributed by atoms with Crippen LogP contribution in [0, 0.1) is 0 Å². The smallest absolute Gasteiger partial charge is 0.274 e. The Kier molecular flexibility index (Phi) is 8.32. The van der Waals surface area contributed by atoms with Gasteiger partial charge in [0.1, 0.15) is 11.5 Å². The van der Waals surface area contributed by atoms with Gasteiger partial charge in [-0.05, 0) is 18.6 Å². The van der Waals surface area contributed by atoms with Gasteiger partial charge in [-0.2, -0.15) is 0 Å². The van der Waals surface area contributed by atoms with Gasteiger partial charge in [0, 0.05) is 31.9 Å². The van der Waals surface area contributed by atoms with Crippen molar-refractivity contribution < 1.29 is 14.0 Å². The van der Waals surface area contributed by atoms with Gasteiger partial charge in [-0.25, -0.2) is 4.98 Å². The van der Waals surface area contributed by atoms with Gasteiger partial charge in [-0.1, -0.05) is 26.2 Å². The molecule has 0 aliphatic rings. The molecule has 2 aromatic heterocycles. The van der Waals surface area contributed by atoms with E-state index in [1.165, 1.54) is 31.4 Å².